The van der Waals surface area contributed by atoms with E-state index in [0.29, 0.717) is 23.7 Å². The summed E-state index contributed by atoms with van der Waals surface area (Å²) in [5.41, 5.74) is 1.13. The Hall–Kier alpha value is -5.35. The van der Waals surface area contributed by atoms with Crippen molar-refractivity contribution in [2.45, 2.75) is 76.2 Å². The maximum atomic E-state index is 13.2. The summed E-state index contributed by atoms with van der Waals surface area (Å²) in [7, 11) is 0. The molecule has 3 aromatic rings. The number of piperidine rings is 2. The number of H-pyrrole nitrogens is 1. The summed E-state index contributed by atoms with van der Waals surface area (Å²) in [5, 5.41) is 12.7. The highest BCUT2D eigenvalue weighted by molar-refractivity contribution is 6.25. The van der Waals surface area contributed by atoms with Gasteiger partial charge in [0.25, 0.3) is 17.7 Å². The quantitative estimate of drug-likeness (QED) is 0.124. The number of aromatic nitrogens is 3. The molecule has 5 amide bonds. The fraction of sp³-hybridized carbons (Fsp3) is 0.525. The lowest BCUT2D eigenvalue weighted by molar-refractivity contribution is -0.136. The van der Waals surface area contributed by atoms with Gasteiger partial charge in [0.1, 0.15) is 17.6 Å². The fourth-order valence-corrected chi connectivity index (χ4v) is 8.19. The van der Waals surface area contributed by atoms with Crippen LogP contribution < -0.4 is 26.4 Å². The largest absolute Gasteiger partial charge is 0.484 e. The van der Waals surface area contributed by atoms with Crippen molar-refractivity contribution in [3.8, 4) is 11.4 Å². The van der Waals surface area contributed by atoms with E-state index in [-0.39, 0.29) is 67.8 Å². The maximum absolute atomic E-state index is 13.2. The highest BCUT2D eigenvalue weighted by Gasteiger charge is 2.45. The van der Waals surface area contributed by atoms with E-state index in [2.05, 4.69) is 30.9 Å². The van der Waals surface area contributed by atoms with Crippen LogP contribution in [0.2, 0.25) is 0 Å². The predicted octanol–water partition coefficient (Wildman–Crippen LogP) is 2.74. The summed E-state index contributed by atoms with van der Waals surface area (Å²) in [6, 6.07) is 10.7. The zero-order valence-electron chi connectivity index (χ0n) is 31.6. The molecular weight excluding hydrogens is 720 g/mol. The molecule has 1 aliphatic carbocycles. The number of nitrogens with zero attached hydrogens (tertiary/aromatic N) is 4. The first-order valence-electron chi connectivity index (χ1n) is 19.8. The molecule has 2 atom stereocenters. The Morgan fingerprint density at radius 1 is 0.893 bits per heavy atom. The van der Waals surface area contributed by atoms with Crippen LogP contribution >= 0.6 is 0 Å². The Morgan fingerprint density at radius 3 is 2.50 bits per heavy atom. The third-order valence-corrected chi connectivity index (χ3v) is 11.2. The van der Waals surface area contributed by atoms with Crippen LogP contribution in [0.15, 0.2) is 47.3 Å². The van der Waals surface area contributed by atoms with Crippen molar-refractivity contribution in [2.24, 2.45) is 5.92 Å². The van der Waals surface area contributed by atoms with Gasteiger partial charge in [-0.1, -0.05) is 38.2 Å². The molecule has 2 saturated heterocycles. The van der Waals surface area contributed by atoms with Crippen LogP contribution in [0.5, 0.6) is 5.75 Å². The molecule has 16 heteroatoms. The SMILES string of the molecule is O=C(COc1ccc(-n2nc([C@H]3CCCN(CCC4CCCCC4)C3)[nH]c2=O)cc1)NCCOCCNc1cccc2c1C(=O)N(C1CCC(=O)NC1=O)C2=O. The van der Waals surface area contributed by atoms with E-state index < -0.39 is 29.7 Å². The number of amides is 5. The number of hydrogen-bond acceptors (Lipinski definition) is 11. The third kappa shape index (κ3) is 9.19. The van der Waals surface area contributed by atoms with Gasteiger partial charge in [-0.15, -0.1) is 5.10 Å². The maximum Gasteiger partial charge on any atom is 0.348 e. The van der Waals surface area contributed by atoms with Gasteiger partial charge < -0.3 is 25.0 Å². The molecule has 3 aliphatic heterocycles. The van der Waals surface area contributed by atoms with Crippen LogP contribution in [0.3, 0.4) is 0 Å². The Labute approximate surface area is 324 Å². The lowest BCUT2D eigenvalue weighted by Crippen LogP contribution is -2.54. The van der Waals surface area contributed by atoms with E-state index in [4.69, 9.17) is 9.47 Å². The van der Waals surface area contributed by atoms with Gasteiger partial charge in [-0.25, -0.2) is 4.79 Å². The second-order valence-corrected chi connectivity index (χ2v) is 15.0. The number of nitrogens with one attached hydrogen (secondary N) is 4. The van der Waals surface area contributed by atoms with E-state index in [9.17, 15) is 28.8 Å². The monoisotopic (exact) mass is 770 g/mol. The number of carbonyl (C=O) groups is 5. The number of aromatic amines is 1. The van der Waals surface area contributed by atoms with Crippen LogP contribution in [0.1, 0.15) is 96.7 Å². The van der Waals surface area contributed by atoms with Gasteiger partial charge in [0.2, 0.25) is 11.8 Å². The number of rotatable bonds is 16. The standard InChI is InChI=1S/C40H50N8O8/c49-33-16-15-32(37(51)43-33)47-38(52)30-9-4-10-31(35(30)39(47)53)41-18-22-55-23-19-42-34(50)25-56-29-13-11-28(12-14-29)48-40(54)44-36(45-48)27-8-5-20-46(24-27)21-17-26-6-2-1-3-7-26/h4,9-14,26-27,32,41H,1-3,5-8,15-25H2,(H,42,50)(H,43,49,51)(H,44,45,54)/t27-,32?/m0/s1. The molecule has 1 unspecified atom stereocenters. The number of fused-ring (bicyclic) bond motifs is 1. The molecule has 1 saturated carbocycles. The van der Waals surface area contributed by atoms with Crippen molar-refractivity contribution in [2.75, 3.05) is 57.9 Å². The lowest BCUT2D eigenvalue weighted by Gasteiger charge is -2.33. The molecule has 16 nitrogen and oxygen atoms in total. The molecule has 4 aliphatic rings. The van der Waals surface area contributed by atoms with Crippen LogP contribution in [-0.2, 0) is 19.1 Å². The summed E-state index contributed by atoms with van der Waals surface area (Å²) < 4.78 is 12.6. The van der Waals surface area contributed by atoms with E-state index in [1.54, 1.807) is 36.4 Å². The number of carbonyl (C=O) groups excluding carboxylic acids is 5. The summed E-state index contributed by atoms with van der Waals surface area (Å²) in [6.07, 6.45) is 10.3. The van der Waals surface area contributed by atoms with E-state index in [0.717, 1.165) is 49.1 Å². The van der Waals surface area contributed by atoms with E-state index in [1.165, 1.54) is 49.3 Å². The first kappa shape index (κ1) is 38.9. The second kappa shape index (κ2) is 18.1. The van der Waals surface area contributed by atoms with Gasteiger partial charge in [0.15, 0.2) is 6.61 Å². The van der Waals surface area contributed by atoms with Crippen LogP contribution in [0.4, 0.5) is 5.69 Å². The van der Waals surface area contributed by atoms with Crippen molar-refractivity contribution in [3.63, 3.8) is 0 Å². The molecule has 0 spiro atoms. The molecule has 0 radical (unpaired) electrons. The van der Waals surface area contributed by atoms with Gasteiger partial charge in [0, 0.05) is 37.7 Å². The molecule has 56 heavy (non-hydrogen) atoms. The molecule has 1 aromatic heterocycles. The average Bonchev–Trinajstić information content (AvgIpc) is 3.72. The van der Waals surface area contributed by atoms with Gasteiger partial charge in [0.05, 0.1) is 30.0 Å². The molecule has 298 valence electrons. The van der Waals surface area contributed by atoms with Crippen molar-refractivity contribution >= 4 is 35.2 Å². The van der Waals surface area contributed by atoms with Gasteiger partial charge in [-0.05, 0) is 81.1 Å². The Kier molecular flexibility index (Phi) is 12.6. The minimum absolute atomic E-state index is 0.0470. The topological polar surface area (TPSA) is 197 Å². The normalized spacial score (nSPS) is 20.5. The smallest absolute Gasteiger partial charge is 0.348 e. The molecule has 4 heterocycles. The number of hydrogen-bond donors (Lipinski definition) is 4. The van der Waals surface area contributed by atoms with Crippen molar-refractivity contribution in [3.05, 3.63) is 69.9 Å². The van der Waals surface area contributed by atoms with Gasteiger partial charge in [-0.3, -0.25) is 39.2 Å². The first-order valence-corrected chi connectivity index (χ1v) is 19.8. The Bertz CT molecular complexity index is 1970. The summed E-state index contributed by atoms with van der Waals surface area (Å²) in [5.74, 6) is -0.331. The van der Waals surface area contributed by atoms with E-state index in [1.807, 2.05) is 0 Å². The highest BCUT2D eigenvalue weighted by atomic mass is 16.5. The molecule has 7 rings (SSSR count). The molecule has 3 fully saturated rings. The zero-order valence-corrected chi connectivity index (χ0v) is 31.6. The summed E-state index contributed by atoms with van der Waals surface area (Å²) >= 11 is 0. The van der Waals surface area contributed by atoms with Crippen molar-refractivity contribution in [1.29, 1.82) is 0 Å². The first-order chi connectivity index (χ1) is 27.2. The summed E-state index contributed by atoms with van der Waals surface area (Å²) in [6.45, 7) is 3.97. The van der Waals surface area contributed by atoms with Crippen LogP contribution in [-0.4, -0.2) is 113 Å². The average molecular weight is 771 g/mol. The molecule has 0 bridgehead atoms. The minimum atomic E-state index is -1.04. The number of benzene rings is 2. The zero-order chi connectivity index (χ0) is 39.0. The fourth-order valence-electron chi connectivity index (χ4n) is 8.19. The number of ether oxygens (including phenoxy) is 2. The summed E-state index contributed by atoms with van der Waals surface area (Å²) in [4.78, 5) is 81.9. The number of likely N-dealkylation sites (tertiary alicyclic amines) is 1. The van der Waals surface area contributed by atoms with Gasteiger partial charge in [-0.2, -0.15) is 4.68 Å². The third-order valence-electron chi connectivity index (χ3n) is 11.2. The Morgan fingerprint density at radius 2 is 1.70 bits per heavy atom. The van der Waals surface area contributed by atoms with E-state index >= 15 is 0 Å². The van der Waals surface area contributed by atoms with Crippen LogP contribution in [0, 0.1) is 5.92 Å². The van der Waals surface area contributed by atoms with Gasteiger partial charge >= 0.3 is 5.69 Å². The van der Waals surface area contributed by atoms with Crippen molar-refractivity contribution in [1.82, 2.24) is 35.2 Å². The Balaban J connectivity index is 0.795. The molecule has 4 N–H and O–H groups in total. The number of anilines is 1. The second-order valence-electron chi connectivity index (χ2n) is 15.0. The van der Waals surface area contributed by atoms with Crippen molar-refractivity contribution < 1.29 is 33.4 Å². The number of imide groups is 2. The minimum Gasteiger partial charge on any atom is -0.484 e. The predicted molar refractivity (Wildman–Crippen MR) is 205 cm³/mol. The highest BCUT2D eigenvalue weighted by Crippen LogP contribution is 2.33. The lowest BCUT2D eigenvalue weighted by atomic mass is 9.86. The molecular formula is C40H50N8O8. The van der Waals surface area contributed by atoms with Crippen LogP contribution in [0.25, 0.3) is 5.69 Å². The molecule has 2 aromatic carbocycles.